The zero-order valence-electron chi connectivity index (χ0n) is 10.1. The Balaban J connectivity index is 4.05. The number of nitrogens with zero attached hydrogens (tertiary/aromatic N) is 2. The molecule has 0 aliphatic carbocycles. The molecule has 0 radical (unpaired) electrons. The maximum absolute atomic E-state index is 8.80. The van der Waals surface area contributed by atoms with Crippen LogP contribution in [0.4, 0.5) is 0 Å². The average Bonchev–Trinajstić information content (AvgIpc) is 2.21. The van der Waals surface area contributed by atoms with Crippen LogP contribution in [0.25, 0.3) is 0 Å². The van der Waals surface area contributed by atoms with Gasteiger partial charge in [-0.25, -0.2) is 4.58 Å². The van der Waals surface area contributed by atoms with Gasteiger partial charge in [0, 0.05) is 6.42 Å². The highest BCUT2D eigenvalue weighted by Gasteiger charge is 2.05. The fourth-order valence-electron chi connectivity index (χ4n) is 1.02. The highest BCUT2D eigenvalue weighted by molar-refractivity contribution is 5.47. The molecule has 0 spiro atoms. The lowest BCUT2D eigenvalue weighted by atomic mass is 10.1. The number of rotatable bonds is 7. The van der Waals surface area contributed by atoms with E-state index in [-0.39, 0.29) is 11.8 Å². The molecule has 1 N–H and O–H groups in total. The summed E-state index contributed by atoms with van der Waals surface area (Å²) in [6.07, 6.45) is 10.8. The minimum atomic E-state index is 0.0633. The van der Waals surface area contributed by atoms with E-state index < -0.39 is 0 Å². The second kappa shape index (κ2) is 8.65. The lowest BCUT2D eigenvalue weighted by molar-refractivity contribution is -0.349. The topological polar surface area (TPSA) is 35.6 Å². The van der Waals surface area contributed by atoms with Gasteiger partial charge in [-0.05, 0) is 12.5 Å². The summed E-state index contributed by atoms with van der Waals surface area (Å²) in [6.45, 7) is 9.14. The summed E-state index contributed by atoms with van der Waals surface area (Å²) in [5, 5.41) is 8.80. The monoisotopic (exact) mass is 221 g/mol. The van der Waals surface area contributed by atoms with Gasteiger partial charge in [-0.1, -0.05) is 36.7 Å². The summed E-state index contributed by atoms with van der Waals surface area (Å²) in [7, 11) is 1.85. The molecular formula is C13H21N2O+. The zero-order chi connectivity index (χ0) is 12.4. The molecule has 88 valence electrons. The van der Waals surface area contributed by atoms with Crippen molar-refractivity contribution >= 4 is 13.1 Å². The van der Waals surface area contributed by atoms with Gasteiger partial charge in [-0.3, -0.25) is 0 Å². The van der Waals surface area contributed by atoms with Crippen molar-refractivity contribution in [1.29, 1.82) is 0 Å². The Labute approximate surface area is 97.8 Å². The smallest absolute Gasteiger partial charge is 0.279 e. The Morgan fingerprint density at radius 2 is 2.19 bits per heavy atom. The van der Waals surface area contributed by atoms with Gasteiger partial charge in [0.2, 0.25) is 0 Å². The molecule has 0 aliphatic heterocycles. The number of aliphatic hydroxyl groups excluding tert-OH is 1. The van der Waals surface area contributed by atoms with Gasteiger partial charge < -0.3 is 5.11 Å². The van der Waals surface area contributed by atoms with Crippen LogP contribution in [0.15, 0.2) is 41.6 Å². The van der Waals surface area contributed by atoms with Gasteiger partial charge >= 0.3 is 0 Å². The first-order valence-electron chi connectivity index (χ1n) is 5.34. The van der Waals surface area contributed by atoms with Crippen molar-refractivity contribution in [3.8, 4) is 0 Å². The number of allylic oxidation sites excluding steroid dienone is 3. The van der Waals surface area contributed by atoms with Gasteiger partial charge in [0.15, 0.2) is 0 Å². The minimum Gasteiger partial charge on any atom is -0.509 e. The molecule has 0 heterocycles. The first-order valence-corrected chi connectivity index (χ1v) is 5.34. The number of aliphatic imine (C=N–C) groups is 1. The van der Waals surface area contributed by atoms with Gasteiger partial charge in [-0.15, -0.1) is 0 Å². The Morgan fingerprint density at radius 1 is 1.50 bits per heavy atom. The van der Waals surface area contributed by atoms with Gasteiger partial charge in [0.1, 0.15) is 11.8 Å². The predicted octanol–water partition coefficient (Wildman–Crippen LogP) is 2.71. The van der Waals surface area contributed by atoms with Crippen LogP contribution in [0.1, 0.15) is 19.8 Å². The van der Waals surface area contributed by atoms with Gasteiger partial charge in [0.25, 0.3) is 6.34 Å². The van der Waals surface area contributed by atoms with Crippen LogP contribution in [0.2, 0.25) is 0 Å². The molecule has 1 atom stereocenters. The zero-order valence-corrected chi connectivity index (χ0v) is 10.1. The third kappa shape index (κ3) is 8.94. The highest BCUT2D eigenvalue weighted by Crippen LogP contribution is 2.03. The number of hydrogen-bond acceptors (Lipinski definition) is 2. The summed E-state index contributed by atoms with van der Waals surface area (Å²) in [6, 6.07) is 0.283. The Bertz CT molecular complexity index is 314. The summed E-state index contributed by atoms with van der Waals surface area (Å²) in [5.74, 6) is 0.0633. The van der Waals surface area contributed by atoms with Crippen LogP contribution in [-0.2, 0) is 0 Å². The molecule has 0 saturated carbocycles. The first-order chi connectivity index (χ1) is 7.56. The van der Waals surface area contributed by atoms with Crippen molar-refractivity contribution in [2.24, 2.45) is 4.99 Å². The second-order valence-electron chi connectivity index (χ2n) is 3.60. The molecule has 16 heavy (non-hydrogen) atoms. The standard InChI is InChI=1S/C13H20N2O/c1-5-13(14-11-15(3)4)10-8-6-7-9-12(2)16/h6-9,11,13H,2-3,5,10H2,1,4H3/p+1/b8-6-,9-7-,14-11-. The summed E-state index contributed by atoms with van der Waals surface area (Å²) >= 11 is 0. The van der Waals surface area contributed by atoms with Crippen LogP contribution in [0.3, 0.4) is 0 Å². The molecule has 0 fully saturated rings. The van der Waals surface area contributed by atoms with Crippen molar-refractivity contribution in [2.75, 3.05) is 7.05 Å². The lowest BCUT2D eigenvalue weighted by Gasteiger charge is -1.98. The first kappa shape index (κ1) is 14.4. The normalized spacial score (nSPS) is 13.9. The van der Waals surface area contributed by atoms with Gasteiger partial charge in [-0.2, -0.15) is 0 Å². The van der Waals surface area contributed by atoms with Crippen LogP contribution >= 0.6 is 0 Å². The maximum Gasteiger partial charge on any atom is 0.279 e. The van der Waals surface area contributed by atoms with E-state index in [0.717, 1.165) is 12.8 Å². The van der Waals surface area contributed by atoms with E-state index in [2.05, 4.69) is 25.2 Å². The van der Waals surface area contributed by atoms with Crippen molar-refractivity contribution < 1.29 is 9.68 Å². The van der Waals surface area contributed by atoms with E-state index >= 15 is 0 Å². The fourth-order valence-corrected chi connectivity index (χ4v) is 1.02. The molecule has 0 saturated heterocycles. The fraction of sp³-hybridized carbons (Fsp3) is 0.385. The SMILES string of the molecule is C=C(O)/C=C\C=C/CC(CC)/N=C\[N+](=C)C. The summed E-state index contributed by atoms with van der Waals surface area (Å²) in [4.78, 5) is 4.37. The molecule has 3 nitrogen and oxygen atoms in total. The molecule has 3 heteroatoms. The average molecular weight is 221 g/mol. The largest absolute Gasteiger partial charge is 0.509 e. The molecule has 0 amide bonds. The van der Waals surface area contributed by atoms with E-state index in [1.165, 1.54) is 0 Å². The molecule has 0 aromatic carbocycles. The van der Waals surface area contributed by atoms with Crippen molar-refractivity contribution in [1.82, 2.24) is 0 Å². The maximum atomic E-state index is 8.80. The second-order valence-corrected chi connectivity index (χ2v) is 3.60. The van der Waals surface area contributed by atoms with E-state index in [9.17, 15) is 0 Å². The van der Waals surface area contributed by atoms with Crippen LogP contribution < -0.4 is 0 Å². The Kier molecular flexibility index (Phi) is 7.76. The Morgan fingerprint density at radius 3 is 2.69 bits per heavy atom. The van der Waals surface area contributed by atoms with Crippen LogP contribution in [-0.4, -0.2) is 35.8 Å². The van der Waals surface area contributed by atoms with E-state index in [0.29, 0.717) is 0 Å². The Hall–Kier alpha value is -1.64. The van der Waals surface area contributed by atoms with E-state index in [4.69, 9.17) is 5.11 Å². The third-order valence-electron chi connectivity index (χ3n) is 1.89. The summed E-state index contributed by atoms with van der Waals surface area (Å²) < 4.78 is 1.68. The van der Waals surface area contributed by atoms with E-state index in [1.54, 1.807) is 23.1 Å². The molecule has 0 aromatic heterocycles. The molecule has 1 unspecified atom stereocenters. The number of aliphatic hydroxyl groups is 1. The quantitative estimate of drug-likeness (QED) is 0.232. The highest BCUT2D eigenvalue weighted by atomic mass is 16.3. The number of hydrogen-bond donors (Lipinski definition) is 1. The summed E-state index contributed by atoms with van der Waals surface area (Å²) in [5.41, 5.74) is 0. The van der Waals surface area contributed by atoms with Gasteiger partial charge in [0.05, 0.1) is 13.8 Å². The molecular weight excluding hydrogens is 200 g/mol. The van der Waals surface area contributed by atoms with Crippen LogP contribution in [0.5, 0.6) is 0 Å². The lowest BCUT2D eigenvalue weighted by Crippen LogP contribution is -2.05. The molecule has 0 rings (SSSR count). The van der Waals surface area contributed by atoms with Crippen molar-refractivity contribution in [3.63, 3.8) is 0 Å². The van der Waals surface area contributed by atoms with Crippen molar-refractivity contribution in [3.05, 3.63) is 36.6 Å². The molecule has 0 aliphatic rings. The molecule has 0 aromatic rings. The van der Waals surface area contributed by atoms with Crippen LogP contribution in [0, 0.1) is 0 Å². The third-order valence-corrected chi connectivity index (χ3v) is 1.89. The van der Waals surface area contributed by atoms with E-state index in [1.807, 2.05) is 19.2 Å². The van der Waals surface area contributed by atoms with Crippen molar-refractivity contribution in [2.45, 2.75) is 25.8 Å². The molecule has 0 bridgehead atoms. The minimum absolute atomic E-state index is 0.0633. The predicted molar refractivity (Wildman–Crippen MR) is 70.5 cm³/mol.